The normalized spacial score (nSPS) is 12.2. The molecule has 0 heterocycles. The molecular weight excluding hydrogens is 493 g/mol. The van der Waals surface area contributed by atoms with Crippen molar-refractivity contribution in [2.24, 2.45) is 4.99 Å². The number of benzene rings is 2. The monoisotopic (exact) mass is 527 g/mol. The minimum atomic E-state index is -0.647. The van der Waals surface area contributed by atoms with Gasteiger partial charge in [0.15, 0.2) is 5.96 Å². The number of hydrogen-bond donors (Lipinski definition) is 3. The maximum absolute atomic E-state index is 10.5. The summed E-state index contributed by atoms with van der Waals surface area (Å²) in [6, 6.07) is 13.6. The Balaban J connectivity index is 0.00000450. The Kier molecular flexibility index (Phi) is 11.6. The maximum atomic E-state index is 10.5. The predicted octanol–water partition coefficient (Wildman–Crippen LogP) is 4.20. The van der Waals surface area contributed by atoms with Crippen LogP contribution in [0.4, 0.5) is 0 Å². The number of guanidine groups is 1. The van der Waals surface area contributed by atoms with E-state index < -0.39 is 6.10 Å². The summed E-state index contributed by atoms with van der Waals surface area (Å²) in [5, 5.41) is 16.9. The number of hydrogen-bond acceptors (Lipinski definition) is 4. The average Bonchev–Trinajstić information content (AvgIpc) is 2.69. The SMILES string of the molecule is CCNC(=NCc1cc(C)cc(OC)c1)NCC(O)c1ccc(OC(C)C)cc1.I. The van der Waals surface area contributed by atoms with Gasteiger partial charge in [-0.3, -0.25) is 0 Å². The molecule has 0 aliphatic carbocycles. The molecule has 1 unspecified atom stereocenters. The van der Waals surface area contributed by atoms with Gasteiger partial charge >= 0.3 is 0 Å². The second kappa shape index (κ2) is 13.3. The van der Waals surface area contributed by atoms with Crippen LogP contribution >= 0.6 is 24.0 Å². The van der Waals surface area contributed by atoms with E-state index in [9.17, 15) is 5.11 Å². The molecule has 0 amide bonds. The fraction of sp³-hybridized carbons (Fsp3) is 0.435. The number of methoxy groups -OCH3 is 1. The van der Waals surface area contributed by atoms with Gasteiger partial charge < -0.3 is 25.2 Å². The molecule has 0 spiro atoms. The number of halogens is 1. The number of rotatable bonds is 9. The molecule has 166 valence electrons. The molecule has 0 saturated carbocycles. The zero-order valence-corrected chi connectivity index (χ0v) is 20.8. The Morgan fingerprint density at radius 2 is 1.77 bits per heavy atom. The fourth-order valence-electron chi connectivity index (χ4n) is 2.90. The van der Waals surface area contributed by atoms with Crippen LogP contribution in [0.25, 0.3) is 0 Å². The van der Waals surface area contributed by atoms with Crippen LogP contribution in [0.5, 0.6) is 11.5 Å². The third-order valence-electron chi connectivity index (χ3n) is 4.21. The largest absolute Gasteiger partial charge is 0.497 e. The summed E-state index contributed by atoms with van der Waals surface area (Å²) in [4.78, 5) is 4.62. The third kappa shape index (κ3) is 8.79. The molecular formula is C23H34IN3O3. The van der Waals surface area contributed by atoms with Gasteiger partial charge in [-0.2, -0.15) is 0 Å². The number of nitrogens with zero attached hydrogens (tertiary/aromatic N) is 1. The van der Waals surface area contributed by atoms with Gasteiger partial charge in [0.2, 0.25) is 0 Å². The highest BCUT2D eigenvalue weighted by molar-refractivity contribution is 14.0. The quantitative estimate of drug-likeness (QED) is 0.259. The summed E-state index contributed by atoms with van der Waals surface area (Å²) in [5.41, 5.74) is 3.03. The van der Waals surface area contributed by atoms with Gasteiger partial charge in [-0.1, -0.05) is 18.2 Å². The van der Waals surface area contributed by atoms with E-state index in [1.54, 1.807) is 7.11 Å². The van der Waals surface area contributed by atoms with Gasteiger partial charge in [0.1, 0.15) is 11.5 Å². The maximum Gasteiger partial charge on any atom is 0.191 e. The highest BCUT2D eigenvalue weighted by Crippen LogP contribution is 2.19. The zero-order chi connectivity index (χ0) is 21.2. The lowest BCUT2D eigenvalue weighted by atomic mass is 10.1. The van der Waals surface area contributed by atoms with Crippen molar-refractivity contribution >= 4 is 29.9 Å². The first-order valence-corrected chi connectivity index (χ1v) is 10.0. The molecule has 6 nitrogen and oxygen atoms in total. The van der Waals surface area contributed by atoms with Crippen LogP contribution in [-0.4, -0.2) is 37.4 Å². The van der Waals surface area contributed by atoms with Gasteiger partial charge in [-0.25, -0.2) is 4.99 Å². The van der Waals surface area contributed by atoms with E-state index in [-0.39, 0.29) is 30.1 Å². The molecule has 0 fully saturated rings. The third-order valence-corrected chi connectivity index (χ3v) is 4.21. The average molecular weight is 527 g/mol. The van der Waals surface area contributed by atoms with E-state index >= 15 is 0 Å². The Morgan fingerprint density at radius 1 is 1.07 bits per heavy atom. The van der Waals surface area contributed by atoms with Gasteiger partial charge in [-0.15, -0.1) is 24.0 Å². The number of aliphatic imine (C=N–C) groups is 1. The minimum Gasteiger partial charge on any atom is -0.497 e. The molecule has 2 aromatic rings. The predicted molar refractivity (Wildman–Crippen MR) is 133 cm³/mol. The molecule has 0 radical (unpaired) electrons. The van der Waals surface area contributed by atoms with E-state index in [4.69, 9.17) is 9.47 Å². The molecule has 0 aromatic heterocycles. The van der Waals surface area contributed by atoms with Crippen LogP contribution in [0.2, 0.25) is 0 Å². The van der Waals surface area contributed by atoms with E-state index in [1.807, 2.05) is 64.1 Å². The second-order valence-corrected chi connectivity index (χ2v) is 7.19. The molecule has 1 atom stereocenters. The van der Waals surface area contributed by atoms with Crippen molar-refractivity contribution in [2.45, 2.75) is 46.4 Å². The van der Waals surface area contributed by atoms with Gasteiger partial charge in [-0.05, 0) is 68.7 Å². The molecule has 0 aliphatic heterocycles. The van der Waals surface area contributed by atoms with Gasteiger partial charge in [0.25, 0.3) is 0 Å². The molecule has 30 heavy (non-hydrogen) atoms. The number of aryl methyl sites for hydroxylation is 1. The Hall–Kier alpha value is -2.00. The standard InChI is InChI=1S/C23H33N3O3.HI/c1-6-24-23(25-14-18-11-17(4)12-21(13-18)28-5)26-15-22(27)19-7-9-20(10-8-19)29-16(2)3;/h7-13,16,22,27H,6,14-15H2,1-5H3,(H2,24,25,26);1H. The first kappa shape index (κ1) is 26.0. The van der Waals surface area contributed by atoms with Crippen molar-refractivity contribution in [3.05, 3.63) is 59.2 Å². The topological polar surface area (TPSA) is 75.1 Å². The summed E-state index contributed by atoms with van der Waals surface area (Å²) < 4.78 is 11.0. The van der Waals surface area contributed by atoms with Crippen LogP contribution in [-0.2, 0) is 6.54 Å². The first-order chi connectivity index (χ1) is 13.9. The van der Waals surface area contributed by atoms with Crippen LogP contribution < -0.4 is 20.1 Å². The van der Waals surface area contributed by atoms with Crippen molar-refractivity contribution in [2.75, 3.05) is 20.2 Å². The highest BCUT2D eigenvalue weighted by Gasteiger charge is 2.09. The lowest BCUT2D eigenvalue weighted by Crippen LogP contribution is -2.39. The molecule has 2 aromatic carbocycles. The summed E-state index contributed by atoms with van der Waals surface area (Å²) in [7, 11) is 1.66. The Bertz CT molecular complexity index is 795. The van der Waals surface area contributed by atoms with E-state index in [1.165, 1.54) is 0 Å². The van der Waals surface area contributed by atoms with E-state index in [2.05, 4.69) is 21.7 Å². The summed E-state index contributed by atoms with van der Waals surface area (Å²) in [6.07, 6.45) is -0.522. The van der Waals surface area contributed by atoms with Gasteiger partial charge in [0, 0.05) is 13.1 Å². The van der Waals surface area contributed by atoms with Crippen molar-refractivity contribution in [3.63, 3.8) is 0 Å². The highest BCUT2D eigenvalue weighted by atomic mass is 127. The molecule has 3 N–H and O–H groups in total. The van der Waals surface area contributed by atoms with Crippen molar-refractivity contribution in [1.29, 1.82) is 0 Å². The Labute approximate surface area is 197 Å². The molecule has 7 heteroatoms. The molecule has 0 bridgehead atoms. The first-order valence-electron chi connectivity index (χ1n) is 10.0. The van der Waals surface area contributed by atoms with E-state index in [0.29, 0.717) is 19.0 Å². The smallest absolute Gasteiger partial charge is 0.191 e. The summed E-state index contributed by atoms with van der Waals surface area (Å²) >= 11 is 0. The van der Waals surface area contributed by atoms with Crippen LogP contribution in [0.15, 0.2) is 47.5 Å². The minimum absolute atomic E-state index is 0. The van der Waals surface area contributed by atoms with E-state index in [0.717, 1.165) is 34.7 Å². The molecule has 2 rings (SSSR count). The molecule has 0 aliphatic rings. The summed E-state index contributed by atoms with van der Waals surface area (Å²) in [5.74, 6) is 2.28. The van der Waals surface area contributed by atoms with Crippen molar-refractivity contribution < 1.29 is 14.6 Å². The fourth-order valence-corrected chi connectivity index (χ4v) is 2.90. The van der Waals surface area contributed by atoms with Crippen LogP contribution in [0.1, 0.15) is 43.6 Å². The number of aliphatic hydroxyl groups is 1. The van der Waals surface area contributed by atoms with Crippen LogP contribution in [0.3, 0.4) is 0 Å². The number of nitrogens with one attached hydrogen (secondary N) is 2. The zero-order valence-electron chi connectivity index (χ0n) is 18.4. The van der Waals surface area contributed by atoms with Crippen LogP contribution in [0, 0.1) is 6.92 Å². The number of ether oxygens (including phenoxy) is 2. The number of aliphatic hydroxyl groups excluding tert-OH is 1. The lowest BCUT2D eigenvalue weighted by Gasteiger charge is -2.16. The van der Waals surface area contributed by atoms with Gasteiger partial charge in [0.05, 0.1) is 25.9 Å². The van der Waals surface area contributed by atoms with Crippen molar-refractivity contribution in [1.82, 2.24) is 10.6 Å². The Morgan fingerprint density at radius 3 is 2.37 bits per heavy atom. The lowest BCUT2D eigenvalue weighted by molar-refractivity contribution is 0.180. The molecule has 0 saturated heterocycles. The second-order valence-electron chi connectivity index (χ2n) is 7.19. The van der Waals surface area contributed by atoms with Crippen molar-refractivity contribution in [3.8, 4) is 11.5 Å². The summed E-state index contributed by atoms with van der Waals surface area (Å²) in [6.45, 7) is 9.63.